The minimum atomic E-state index is -0.174. The van der Waals surface area contributed by atoms with Crippen LogP contribution in [0.15, 0.2) is 12.5 Å². The molecule has 1 heterocycles. The number of rotatable bonds is 6. The van der Waals surface area contributed by atoms with Crippen molar-refractivity contribution in [3.63, 3.8) is 0 Å². The molecule has 94 valence electrons. The molecule has 2 rings (SSSR count). The lowest BCUT2D eigenvalue weighted by Gasteiger charge is -2.16. The van der Waals surface area contributed by atoms with Crippen LogP contribution >= 0.6 is 0 Å². The Hall–Kier alpha value is -1.36. The van der Waals surface area contributed by atoms with E-state index < -0.39 is 0 Å². The molecule has 0 aliphatic heterocycles. The molecule has 5 nitrogen and oxygen atoms in total. The third-order valence-corrected chi connectivity index (χ3v) is 2.82. The van der Waals surface area contributed by atoms with Crippen molar-refractivity contribution in [3.8, 4) is 0 Å². The number of hydrogen-bond acceptors (Lipinski definition) is 4. The summed E-state index contributed by atoms with van der Waals surface area (Å²) in [6, 6.07) is 0.628. The standard InChI is InChI=1S/C12H19N3O2/c1-3-17-12(16)8-14(2)7-11-6-13-9-15(11)10-4-5-10/h6,9-10H,3-5,7-8H2,1-2H3. The fraction of sp³-hybridized carbons (Fsp3) is 0.667. The maximum Gasteiger partial charge on any atom is 0.320 e. The first kappa shape index (κ1) is 12.1. The number of carbonyl (C=O) groups is 1. The third-order valence-electron chi connectivity index (χ3n) is 2.82. The van der Waals surface area contributed by atoms with Crippen molar-refractivity contribution in [1.82, 2.24) is 14.5 Å². The number of imidazole rings is 1. The van der Waals surface area contributed by atoms with Crippen LogP contribution in [0.1, 0.15) is 31.5 Å². The average molecular weight is 237 g/mol. The van der Waals surface area contributed by atoms with E-state index in [9.17, 15) is 4.79 Å². The molecule has 1 aromatic heterocycles. The van der Waals surface area contributed by atoms with E-state index in [1.165, 1.54) is 18.5 Å². The lowest BCUT2D eigenvalue weighted by molar-refractivity contribution is -0.144. The first-order valence-corrected chi connectivity index (χ1v) is 6.05. The summed E-state index contributed by atoms with van der Waals surface area (Å²) in [5.41, 5.74) is 1.17. The molecule has 5 heteroatoms. The third kappa shape index (κ3) is 3.30. The van der Waals surface area contributed by atoms with E-state index in [2.05, 4.69) is 9.55 Å². The Kier molecular flexibility index (Phi) is 3.78. The van der Waals surface area contributed by atoms with Gasteiger partial charge in [-0.3, -0.25) is 9.69 Å². The van der Waals surface area contributed by atoms with Gasteiger partial charge in [-0.25, -0.2) is 4.98 Å². The summed E-state index contributed by atoms with van der Waals surface area (Å²) >= 11 is 0. The fourth-order valence-corrected chi connectivity index (χ4v) is 1.90. The SMILES string of the molecule is CCOC(=O)CN(C)Cc1cncn1C1CC1. The van der Waals surface area contributed by atoms with E-state index in [-0.39, 0.29) is 5.97 Å². The van der Waals surface area contributed by atoms with Gasteiger partial charge in [-0.1, -0.05) is 0 Å². The zero-order chi connectivity index (χ0) is 12.3. The second-order valence-corrected chi connectivity index (χ2v) is 4.50. The molecule has 0 amide bonds. The van der Waals surface area contributed by atoms with Crippen molar-refractivity contribution in [2.75, 3.05) is 20.2 Å². The van der Waals surface area contributed by atoms with Crippen molar-refractivity contribution in [1.29, 1.82) is 0 Å². The van der Waals surface area contributed by atoms with Crippen molar-refractivity contribution in [3.05, 3.63) is 18.2 Å². The average Bonchev–Trinajstić information content (AvgIpc) is 3.00. The number of esters is 1. The van der Waals surface area contributed by atoms with Gasteiger partial charge in [0.15, 0.2) is 0 Å². The molecule has 0 spiro atoms. The van der Waals surface area contributed by atoms with Crippen molar-refractivity contribution in [2.24, 2.45) is 0 Å². The van der Waals surface area contributed by atoms with Crippen LogP contribution in [0.5, 0.6) is 0 Å². The van der Waals surface area contributed by atoms with Crippen molar-refractivity contribution < 1.29 is 9.53 Å². The van der Waals surface area contributed by atoms with Gasteiger partial charge in [0.1, 0.15) is 0 Å². The Morgan fingerprint density at radius 1 is 1.65 bits per heavy atom. The molecular formula is C12H19N3O2. The summed E-state index contributed by atoms with van der Waals surface area (Å²) < 4.78 is 7.13. The zero-order valence-electron chi connectivity index (χ0n) is 10.4. The van der Waals surface area contributed by atoms with Crippen LogP contribution in [0.4, 0.5) is 0 Å². The molecular weight excluding hydrogens is 218 g/mol. The smallest absolute Gasteiger partial charge is 0.320 e. The van der Waals surface area contributed by atoms with Gasteiger partial charge in [-0.05, 0) is 26.8 Å². The Morgan fingerprint density at radius 2 is 2.41 bits per heavy atom. The monoisotopic (exact) mass is 237 g/mol. The number of hydrogen-bond donors (Lipinski definition) is 0. The maximum atomic E-state index is 11.3. The topological polar surface area (TPSA) is 47.4 Å². The summed E-state index contributed by atoms with van der Waals surface area (Å²) in [6.45, 7) is 3.31. The van der Waals surface area contributed by atoms with Gasteiger partial charge in [0.25, 0.3) is 0 Å². The molecule has 1 fully saturated rings. The Bertz CT molecular complexity index is 385. The highest BCUT2D eigenvalue weighted by atomic mass is 16.5. The molecule has 0 atom stereocenters. The van der Waals surface area contributed by atoms with E-state index in [0.717, 1.165) is 6.54 Å². The van der Waals surface area contributed by atoms with E-state index in [4.69, 9.17) is 4.74 Å². The number of aromatic nitrogens is 2. The maximum absolute atomic E-state index is 11.3. The lowest BCUT2D eigenvalue weighted by Crippen LogP contribution is -2.27. The summed E-state index contributed by atoms with van der Waals surface area (Å²) in [7, 11) is 1.92. The number of likely N-dealkylation sites (N-methyl/N-ethyl adjacent to an activating group) is 1. The second kappa shape index (κ2) is 5.31. The van der Waals surface area contributed by atoms with Crippen LogP contribution in [0.2, 0.25) is 0 Å². The normalized spacial score (nSPS) is 15.2. The molecule has 0 bridgehead atoms. The van der Waals surface area contributed by atoms with Crippen molar-refractivity contribution in [2.45, 2.75) is 32.4 Å². The summed E-state index contributed by atoms with van der Waals surface area (Å²) in [5.74, 6) is -0.174. The number of nitrogens with zero attached hydrogens (tertiary/aromatic N) is 3. The van der Waals surface area contributed by atoms with Gasteiger partial charge in [0, 0.05) is 18.8 Å². The minimum absolute atomic E-state index is 0.174. The molecule has 1 aromatic rings. The quantitative estimate of drug-likeness (QED) is 0.698. The van der Waals surface area contributed by atoms with Gasteiger partial charge >= 0.3 is 5.97 Å². The largest absolute Gasteiger partial charge is 0.465 e. The Labute approximate surface area is 101 Å². The van der Waals surface area contributed by atoms with Gasteiger partial charge < -0.3 is 9.30 Å². The van der Waals surface area contributed by atoms with Crippen LogP contribution in [-0.4, -0.2) is 40.6 Å². The number of ether oxygens (including phenoxy) is 1. The number of carbonyl (C=O) groups excluding carboxylic acids is 1. The van der Waals surface area contributed by atoms with Crippen LogP contribution in [0, 0.1) is 0 Å². The highest BCUT2D eigenvalue weighted by Gasteiger charge is 2.25. The van der Waals surface area contributed by atoms with E-state index >= 15 is 0 Å². The fourth-order valence-electron chi connectivity index (χ4n) is 1.90. The molecule has 17 heavy (non-hydrogen) atoms. The first-order valence-electron chi connectivity index (χ1n) is 6.05. The first-order chi connectivity index (χ1) is 8.20. The van der Waals surface area contributed by atoms with Crippen LogP contribution in [0.25, 0.3) is 0 Å². The summed E-state index contributed by atoms with van der Waals surface area (Å²) in [5, 5.41) is 0. The van der Waals surface area contributed by atoms with Gasteiger partial charge in [-0.2, -0.15) is 0 Å². The predicted molar refractivity (Wildman–Crippen MR) is 63.5 cm³/mol. The van der Waals surface area contributed by atoms with Crippen molar-refractivity contribution >= 4 is 5.97 Å². The summed E-state index contributed by atoms with van der Waals surface area (Å²) in [4.78, 5) is 17.5. The van der Waals surface area contributed by atoms with E-state index in [1.54, 1.807) is 0 Å². The van der Waals surface area contributed by atoms with E-state index in [1.807, 2.05) is 31.4 Å². The molecule has 0 N–H and O–H groups in total. The van der Waals surface area contributed by atoms with Gasteiger partial charge in [0.05, 0.1) is 25.2 Å². The van der Waals surface area contributed by atoms with Gasteiger partial charge in [0.2, 0.25) is 0 Å². The molecule has 0 saturated heterocycles. The molecule has 0 unspecified atom stereocenters. The highest BCUT2D eigenvalue weighted by molar-refractivity contribution is 5.71. The highest BCUT2D eigenvalue weighted by Crippen LogP contribution is 2.35. The molecule has 1 aliphatic rings. The minimum Gasteiger partial charge on any atom is -0.465 e. The Morgan fingerprint density at radius 3 is 3.06 bits per heavy atom. The molecule has 0 radical (unpaired) electrons. The second-order valence-electron chi connectivity index (χ2n) is 4.50. The zero-order valence-corrected chi connectivity index (χ0v) is 10.4. The van der Waals surface area contributed by atoms with Gasteiger partial charge in [-0.15, -0.1) is 0 Å². The lowest BCUT2D eigenvalue weighted by atomic mass is 10.4. The van der Waals surface area contributed by atoms with Crippen LogP contribution < -0.4 is 0 Å². The van der Waals surface area contributed by atoms with Crippen LogP contribution in [-0.2, 0) is 16.1 Å². The molecule has 0 aromatic carbocycles. The molecule has 1 saturated carbocycles. The molecule has 1 aliphatic carbocycles. The van der Waals surface area contributed by atoms with E-state index in [0.29, 0.717) is 19.2 Å². The predicted octanol–water partition coefficient (Wildman–Crippen LogP) is 1.21. The summed E-state index contributed by atoms with van der Waals surface area (Å²) in [6.07, 6.45) is 6.24. The Balaban J connectivity index is 1.86. The van der Waals surface area contributed by atoms with Crippen LogP contribution in [0.3, 0.4) is 0 Å².